The molecule has 10 heteroatoms. The second-order valence-corrected chi connectivity index (χ2v) is 4.58. The van der Waals surface area contributed by atoms with E-state index in [0.29, 0.717) is 12.2 Å². The Bertz CT molecular complexity index is 795. The summed E-state index contributed by atoms with van der Waals surface area (Å²) in [7, 11) is 1.31. The Morgan fingerprint density at radius 1 is 1.64 bits per heavy atom. The molecule has 0 spiro atoms. The molecule has 0 bridgehead atoms. The molecule has 0 atom stereocenters. The molecule has 0 fully saturated rings. The van der Waals surface area contributed by atoms with E-state index < -0.39 is 4.92 Å². The van der Waals surface area contributed by atoms with Crippen LogP contribution in [0.2, 0.25) is 0 Å². The van der Waals surface area contributed by atoms with Crippen LogP contribution in [0.4, 0.5) is 5.69 Å². The van der Waals surface area contributed by atoms with Gasteiger partial charge in [-0.05, 0) is 18.3 Å². The number of rotatable bonds is 5. The van der Waals surface area contributed by atoms with Gasteiger partial charge in [-0.25, -0.2) is 0 Å². The van der Waals surface area contributed by atoms with Crippen LogP contribution in [0.3, 0.4) is 0 Å². The smallest absolute Gasteiger partial charge is 0.282 e. The van der Waals surface area contributed by atoms with Gasteiger partial charge >= 0.3 is 0 Å². The zero-order valence-corrected chi connectivity index (χ0v) is 12.6. The topological polar surface area (TPSA) is 119 Å². The number of aromatic nitrogens is 3. The van der Waals surface area contributed by atoms with E-state index in [1.807, 2.05) is 6.92 Å². The van der Waals surface area contributed by atoms with Crippen LogP contribution >= 0.6 is 12.2 Å². The molecule has 0 aliphatic heterocycles. The molecule has 116 valence electrons. The van der Waals surface area contributed by atoms with Crippen molar-refractivity contribution in [1.29, 1.82) is 0 Å². The number of methoxy groups -OCH3 is 1. The van der Waals surface area contributed by atoms with Gasteiger partial charge in [-0.15, -0.1) is 0 Å². The molecular weight excluding hydrogens is 310 g/mol. The third kappa shape index (κ3) is 2.96. The van der Waals surface area contributed by atoms with Crippen molar-refractivity contribution in [3.63, 3.8) is 0 Å². The maximum Gasteiger partial charge on any atom is 0.282 e. The number of benzene rings is 1. The van der Waals surface area contributed by atoms with Gasteiger partial charge in [0.05, 0.1) is 29.9 Å². The van der Waals surface area contributed by atoms with Gasteiger partial charge in [0.25, 0.3) is 5.69 Å². The van der Waals surface area contributed by atoms with Crippen molar-refractivity contribution in [2.75, 3.05) is 7.11 Å². The fraction of sp³-hybridized carbons (Fsp3) is 0.250. The number of hydrogen-bond acceptors (Lipinski definition) is 7. The van der Waals surface area contributed by atoms with E-state index in [-0.39, 0.29) is 27.5 Å². The molecule has 2 rings (SSSR count). The summed E-state index contributed by atoms with van der Waals surface area (Å²) in [6, 6.07) is 2.34. The number of phenols is 1. The van der Waals surface area contributed by atoms with Crippen LogP contribution in [0.25, 0.3) is 0 Å². The lowest BCUT2D eigenvalue weighted by molar-refractivity contribution is -0.385. The molecule has 0 amide bonds. The lowest BCUT2D eigenvalue weighted by Gasteiger charge is -2.05. The first kappa shape index (κ1) is 15.6. The summed E-state index contributed by atoms with van der Waals surface area (Å²) < 4.78 is 6.49. The normalized spacial score (nSPS) is 11.0. The minimum absolute atomic E-state index is 0.0121. The number of aromatic hydroxyl groups is 1. The Morgan fingerprint density at radius 2 is 2.36 bits per heavy atom. The summed E-state index contributed by atoms with van der Waals surface area (Å²) in [6.07, 6.45) is 1.82. The zero-order valence-electron chi connectivity index (χ0n) is 11.8. The average Bonchev–Trinajstić information content (AvgIpc) is 2.85. The molecule has 2 N–H and O–H groups in total. The molecule has 9 nitrogen and oxygen atoms in total. The van der Waals surface area contributed by atoms with Gasteiger partial charge in [0, 0.05) is 6.42 Å². The van der Waals surface area contributed by atoms with E-state index in [0.717, 1.165) is 6.07 Å². The first-order chi connectivity index (χ1) is 10.5. The molecular formula is C12H13N5O4S. The minimum atomic E-state index is -0.585. The SMILES string of the molecule is CCc1n[nH]c(=S)n1/N=C/c1cc(O)c(OC)cc1[N+](=O)[O-]. The fourth-order valence-electron chi connectivity index (χ4n) is 1.79. The predicted molar refractivity (Wildman–Crippen MR) is 81.1 cm³/mol. The molecule has 0 unspecified atom stereocenters. The summed E-state index contributed by atoms with van der Waals surface area (Å²) >= 11 is 5.03. The van der Waals surface area contributed by atoms with Gasteiger partial charge in [0.15, 0.2) is 17.3 Å². The Kier molecular flexibility index (Phi) is 4.51. The second-order valence-electron chi connectivity index (χ2n) is 4.19. The van der Waals surface area contributed by atoms with Crippen molar-refractivity contribution in [1.82, 2.24) is 14.9 Å². The molecule has 0 saturated heterocycles. The number of hydrogen-bond donors (Lipinski definition) is 2. The maximum absolute atomic E-state index is 11.1. The quantitative estimate of drug-likeness (QED) is 0.376. The van der Waals surface area contributed by atoms with E-state index >= 15 is 0 Å². The molecule has 0 saturated carbocycles. The van der Waals surface area contributed by atoms with Crippen molar-refractivity contribution in [2.45, 2.75) is 13.3 Å². The van der Waals surface area contributed by atoms with Gasteiger partial charge in [0.1, 0.15) is 0 Å². The minimum Gasteiger partial charge on any atom is -0.504 e. The third-order valence-electron chi connectivity index (χ3n) is 2.87. The Hall–Kier alpha value is -2.75. The van der Waals surface area contributed by atoms with Gasteiger partial charge in [0.2, 0.25) is 4.77 Å². The first-order valence-electron chi connectivity index (χ1n) is 6.24. The number of nitro groups is 1. The van der Waals surface area contributed by atoms with Gasteiger partial charge in [-0.3, -0.25) is 15.2 Å². The first-order valence-corrected chi connectivity index (χ1v) is 6.64. The summed E-state index contributed by atoms with van der Waals surface area (Å²) in [6.45, 7) is 1.87. The van der Waals surface area contributed by atoms with Crippen molar-refractivity contribution in [3.8, 4) is 11.5 Å². The average molecular weight is 323 g/mol. The highest BCUT2D eigenvalue weighted by atomic mass is 32.1. The molecule has 22 heavy (non-hydrogen) atoms. The highest BCUT2D eigenvalue weighted by Gasteiger charge is 2.17. The van der Waals surface area contributed by atoms with Gasteiger partial charge < -0.3 is 9.84 Å². The number of phenolic OH excluding ortho intramolecular Hbond substituents is 1. The van der Waals surface area contributed by atoms with Crippen LogP contribution in [0, 0.1) is 14.9 Å². The van der Waals surface area contributed by atoms with E-state index in [2.05, 4.69) is 15.3 Å². The number of nitro benzene ring substituents is 1. The number of ether oxygens (including phenoxy) is 1. The van der Waals surface area contributed by atoms with E-state index in [4.69, 9.17) is 17.0 Å². The number of H-pyrrole nitrogens is 1. The molecule has 0 aliphatic carbocycles. The van der Waals surface area contributed by atoms with Crippen LogP contribution in [-0.4, -0.2) is 38.2 Å². The lowest BCUT2D eigenvalue weighted by Crippen LogP contribution is -2.00. The predicted octanol–water partition coefficient (Wildman–Crippen LogP) is 2.01. The Labute approximate surface area is 130 Å². The van der Waals surface area contributed by atoms with E-state index in [1.54, 1.807) is 0 Å². The summed E-state index contributed by atoms with van der Waals surface area (Å²) in [5.74, 6) is 0.376. The van der Waals surface area contributed by atoms with Gasteiger partial charge in [-0.1, -0.05) is 6.92 Å². The zero-order chi connectivity index (χ0) is 16.3. The fourth-order valence-corrected chi connectivity index (χ4v) is 1.99. The van der Waals surface area contributed by atoms with Crippen molar-refractivity contribution in [2.24, 2.45) is 5.10 Å². The Morgan fingerprint density at radius 3 is 2.95 bits per heavy atom. The Balaban J connectivity index is 2.50. The van der Waals surface area contributed by atoms with E-state index in [1.165, 1.54) is 24.1 Å². The van der Waals surface area contributed by atoms with Gasteiger partial charge in [-0.2, -0.15) is 14.9 Å². The molecule has 2 aromatic rings. The molecule has 1 aromatic carbocycles. The third-order valence-corrected chi connectivity index (χ3v) is 3.14. The largest absolute Gasteiger partial charge is 0.504 e. The van der Waals surface area contributed by atoms with Crippen molar-refractivity contribution < 1.29 is 14.8 Å². The van der Waals surface area contributed by atoms with Crippen molar-refractivity contribution in [3.05, 3.63) is 38.4 Å². The highest BCUT2D eigenvalue weighted by Crippen LogP contribution is 2.32. The molecule has 1 heterocycles. The molecule has 1 aromatic heterocycles. The summed E-state index contributed by atoms with van der Waals surface area (Å²) in [5.41, 5.74) is -0.125. The highest BCUT2D eigenvalue weighted by molar-refractivity contribution is 7.71. The number of nitrogens with one attached hydrogen (secondary N) is 1. The van der Waals surface area contributed by atoms with Crippen LogP contribution in [0.1, 0.15) is 18.3 Å². The monoisotopic (exact) mass is 323 g/mol. The number of aromatic amines is 1. The standard InChI is InChI=1S/C12H13N5O4S/c1-3-11-14-15-12(22)16(11)13-6-7-4-9(18)10(21-2)5-8(7)17(19)20/h4-6,18H,3H2,1-2H3,(H,15,22)/b13-6+. The van der Waals surface area contributed by atoms with Crippen LogP contribution in [-0.2, 0) is 6.42 Å². The summed E-state index contributed by atoms with van der Waals surface area (Å²) in [4.78, 5) is 10.5. The molecule has 0 radical (unpaired) electrons. The summed E-state index contributed by atoms with van der Waals surface area (Å²) in [5, 5.41) is 31.5. The molecule has 0 aliphatic rings. The van der Waals surface area contributed by atoms with Crippen molar-refractivity contribution >= 4 is 24.1 Å². The van der Waals surface area contributed by atoms with Crippen LogP contribution in [0.15, 0.2) is 17.2 Å². The number of nitrogens with zero attached hydrogens (tertiary/aromatic N) is 4. The number of aryl methyl sites for hydroxylation is 1. The maximum atomic E-state index is 11.1. The second kappa shape index (κ2) is 6.35. The lowest BCUT2D eigenvalue weighted by atomic mass is 10.1. The van der Waals surface area contributed by atoms with Crippen LogP contribution < -0.4 is 4.74 Å². The van der Waals surface area contributed by atoms with Crippen LogP contribution in [0.5, 0.6) is 11.5 Å². The van der Waals surface area contributed by atoms with E-state index in [9.17, 15) is 15.2 Å².